The van der Waals surface area contributed by atoms with Crippen molar-refractivity contribution in [2.24, 2.45) is 0 Å². The Morgan fingerprint density at radius 3 is 2.75 bits per heavy atom. The molecule has 110 valence electrons. The first-order valence-corrected chi connectivity index (χ1v) is 8.05. The second-order valence-electron chi connectivity index (χ2n) is 5.49. The molecule has 1 saturated heterocycles. The lowest BCUT2D eigenvalue weighted by Gasteiger charge is -2.42. The minimum absolute atomic E-state index is 0.0180. The van der Waals surface area contributed by atoms with Crippen LogP contribution in [-0.2, 0) is 9.59 Å². The van der Waals surface area contributed by atoms with Crippen molar-refractivity contribution in [3.05, 3.63) is 22.4 Å². The third-order valence-corrected chi connectivity index (χ3v) is 4.95. The van der Waals surface area contributed by atoms with Gasteiger partial charge in [0.1, 0.15) is 12.1 Å². The maximum Gasteiger partial charge on any atom is 0.249 e. The zero-order valence-corrected chi connectivity index (χ0v) is 13.1. The number of rotatable bonds is 5. The predicted molar refractivity (Wildman–Crippen MR) is 80.5 cm³/mol. The summed E-state index contributed by atoms with van der Waals surface area (Å²) in [7, 11) is 0. The van der Waals surface area contributed by atoms with E-state index in [4.69, 9.17) is 0 Å². The molecule has 2 rings (SSSR count). The molecule has 0 aliphatic carbocycles. The summed E-state index contributed by atoms with van der Waals surface area (Å²) in [5.74, 6) is -0.0296. The molecule has 1 aromatic heterocycles. The quantitative estimate of drug-likeness (QED) is 0.907. The van der Waals surface area contributed by atoms with E-state index in [0.717, 1.165) is 17.7 Å². The number of hydrogen-bond donors (Lipinski definition) is 1. The number of amides is 2. The van der Waals surface area contributed by atoms with Crippen LogP contribution in [0.25, 0.3) is 0 Å². The van der Waals surface area contributed by atoms with Gasteiger partial charge in [-0.1, -0.05) is 26.3 Å². The van der Waals surface area contributed by atoms with E-state index >= 15 is 0 Å². The Hall–Kier alpha value is -1.36. The second kappa shape index (κ2) is 5.95. The van der Waals surface area contributed by atoms with Crippen molar-refractivity contribution in [3.63, 3.8) is 0 Å². The van der Waals surface area contributed by atoms with Crippen LogP contribution < -0.4 is 5.32 Å². The van der Waals surface area contributed by atoms with Crippen LogP contribution in [0, 0.1) is 0 Å². The molecule has 0 radical (unpaired) electrons. The molecule has 0 spiro atoms. The molecule has 1 aromatic rings. The van der Waals surface area contributed by atoms with Gasteiger partial charge in [0.25, 0.3) is 0 Å². The first-order valence-electron chi connectivity index (χ1n) is 7.17. The Labute approximate surface area is 124 Å². The Kier molecular flexibility index (Phi) is 4.48. The summed E-state index contributed by atoms with van der Waals surface area (Å²) in [4.78, 5) is 27.6. The van der Waals surface area contributed by atoms with E-state index in [1.807, 2.05) is 31.4 Å². The van der Waals surface area contributed by atoms with Crippen LogP contribution in [-0.4, -0.2) is 28.8 Å². The van der Waals surface area contributed by atoms with E-state index in [-0.39, 0.29) is 24.4 Å². The van der Waals surface area contributed by atoms with Crippen molar-refractivity contribution in [1.82, 2.24) is 10.2 Å². The molecule has 2 unspecified atom stereocenters. The molecular weight excluding hydrogens is 272 g/mol. The molecule has 1 aliphatic heterocycles. The van der Waals surface area contributed by atoms with Gasteiger partial charge in [0.05, 0.1) is 6.04 Å². The average Bonchev–Trinajstić information content (AvgIpc) is 2.94. The number of nitrogens with zero attached hydrogens (tertiary/aromatic N) is 1. The third-order valence-electron chi connectivity index (χ3n) is 3.98. The normalized spacial score (nSPS) is 24.6. The molecule has 2 atom stereocenters. The first kappa shape index (κ1) is 15.0. The van der Waals surface area contributed by atoms with Gasteiger partial charge in [-0.15, -0.1) is 11.3 Å². The van der Waals surface area contributed by atoms with Gasteiger partial charge in [0.15, 0.2) is 0 Å². The second-order valence-corrected chi connectivity index (χ2v) is 6.47. The number of carbonyl (C=O) groups is 2. The number of thiophene rings is 1. The molecule has 1 aliphatic rings. The highest BCUT2D eigenvalue weighted by Gasteiger charge is 2.44. The zero-order valence-electron chi connectivity index (χ0n) is 12.3. The molecule has 2 heterocycles. The summed E-state index contributed by atoms with van der Waals surface area (Å²) in [6, 6.07) is 4.06. The van der Waals surface area contributed by atoms with Crippen LogP contribution in [0.4, 0.5) is 0 Å². The van der Waals surface area contributed by atoms with E-state index < -0.39 is 5.54 Å². The summed E-state index contributed by atoms with van der Waals surface area (Å²) in [6.07, 6.45) is 2.48. The van der Waals surface area contributed by atoms with Crippen LogP contribution in [0.5, 0.6) is 0 Å². The van der Waals surface area contributed by atoms with Crippen LogP contribution in [0.3, 0.4) is 0 Å². The lowest BCUT2D eigenvalue weighted by molar-refractivity contribution is -0.152. The van der Waals surface area contributed by atoms with Crippen LogP contribution >= 0.6 is 11.3 Å². The highest BCUT2D eigenvalue weighted by molar-refractivity contribution is 7.10. The fourth-order valence-corrected chi connectivity index (χ4v) is 3.52. The molecule has 2 amide bonds. The Morgan fingerprint density at radius 2 is 2.20 bits per heavy atom. The van der Waals surface area contributed by atoms with Crippen molar-refractivity contribution in [3.8, 4) is 0 Å². The van der Waals surface area contributed by atoms with Gasteiger partial charge in [-0.05, 0) is 31.2 Å². The number of carbonyl (C=O) groups excluding carboxylic acids is 2. The molecule has 1 N–H and O–H groups in total. The Bertz CT molecular complexity index is 486. The van der Waals surface area contributed by atoms with E-state index in [1.165, 1.54) is 0 Å². The van der Waals surface area contributed by atoms with E-state index in [1.54, 1.807) is 16.2 Å². The third kappa shape index (κ3) is 2.73. The van der Waals surface area contributed by atoms with E-state index in [9.17, 15) is 9.59 Å². The van der Waals surface area contributed by atoms with Gasteiger partial charge in [-0.25, -0.2) is 0 Å². The first-order chi connectivity index (χ1) is 9.51. The molecule has 4 nitrogen and oxygen atoms in total. The summed E-state index contributed by atoms with van der Waals surface area (Å²) in [6.45, 7) is 6.02. The lowest BCUT2D eigenvalue weighted by Crippen LogP contribution is -2.65. The van der Waals surface area contributed by atoms with Crippen molar-refractivity contribution in [2.75, 3.05) is 6.54 Å². The van der Waals surface area contributed by atoms with Gasteiger partial charge in [-0.3, -0.25) is 9.59 Å². The molecule has 0 bridgehead atoms. The van der Waals surface area contributed by atoms with Crippen molar-refractivity contribution < 1.29 is 9.59 Å². The van der Waals surface area contributed by atoms with Gasteiger partial charge in [0.2, 0.25) is 11.8 Å². The van der Waals surface area contributed by atoms with Crippen molar-refractivity contribution >= 4 is 23.2 Å². The number of piperazine rings is 1. The van der Waals surface area contributed by atoms with Crippen LogP contribution in [0.2, 0.25) is 0 Å². The molecule has 0 aromatic carbocycles. The highest BCUT2D eigenvalue weighted by atomic mass is 32.1. The summed E-state index contributed by atoms with van der Waals surface area (Å²) >= 11 is 1.65. The van der Waals surface area contributed by atoms with Crippen LogP contribution in [0.1, 0.15) is 51.0 Å². The van der Waals surface area contributed by atoms with Gasteiger partial charge in [-0.2, -0.15) is 0 Å². The molecule has 0 saturated carbocycles. The average molecular weight is 294 g/mol. The largest absolute Gasteiger partial charge is 0.340 e. The lowest BCUT2D eigenvalue weighted by atomic mass is 9.92. The minimum Gasteiger partial charge on any atom is -0.340 e. The summed E-state index contributed by atoms with van der Waals surface area (Å²) < 4.78 is 0. The van der Waals surface area contributed by atoms with Gasteiger partial charge < -0.3 is 10.2 Å². The minimum atomic E-state index is -0.765. The summed E-state index contributed by atoms with van der Waals surface area (Å²) in [5, 5.41) is 4.86. The number of nitrogens with one attached hydrogen (secondary N) is 1. The zero-order chi connectivity index (χ0) is 14.8. The smallest absolute Gasteiger partial charge is 0.249 e. The van der Waals surface area contributed by atoms with E-state index in [0.29, 0.717) is 6.42 Å². The highest BCUT2D eigenvalue weighted by Crippen LogP contribution is 2.33. The molecular formula is C15H22N2O2S. The maximum absolute atomic E-state index is 12.8. The van der Waals surface area contributed by atoms with E-state index in [2.05, 4.69) is 12.2 Å². The monoisotopic (exact) mass is 294 g/mol. The van der Waals surface area contributed by atoms with Gasteiger partial charge >= 0.3 is 0 Å². The fraction of sp³-hybridized carbons (Fsp3) is 0.600. The Balaban J connectivity index is 2.32. The summed E-state index contributed by atoms with van der Waals surface area (Å²) in [5.41, 5.74) is -0.765. The fourth-order valence-electron chi connectivity index (χ4n) is 2.64. The topological polar surface area (TPSA) is 49.4 Å². The number of hydrogen-bond acceptors (Lipinski definition) is 3. The SMILES string of the molecule is CCCC(c1cccs1)N1CC(=O)NC(C)(CC)C1=O. The van der Waals surface area contributed by atoms with Crippen LogP contribution in [0.15, 0.2) is 17.5 Å². The molecule has 1 fully saturated rings. The molecule has 20 heavy (non-hydrogen) atoms. The predicted octanol–water partition coefficient (Wildman–Crippen LogP) is 2.72. The standard InChI is InChI=1S/C15H22N2O2S/c1-4-7-11(12-8-6-9-20-12)17-10-13(18)16-15(3,5-2)14(17)19/h6,8-9,11H,4-5,7,10H2,1-3H3,(H,16,18). The maximum atomic E-state index is 12.8. The Morgan fingerprint density at radius 1 is 1.45 bits per heavy atom. The molecule has 5 heteroatoms. The van der Waals surface area contributed by atoms with Gasteiger partial charge in [0, 0.05) is 4.88 Å². The van der Waals surface area contributed by atoms with Crippen molar-refractivity contribution in [2.45, 2.75) is 51.6 Å². The van der Waals surface area contributed by atoms with Crippen molar-refractivity contribution in [1.29, 1.82) is 0 Å².